The summed E-state index contributed by atoms with van der Waals surface area (Å²) >= 11 is 0. The Labute approximate surface area is 218 Å². The van der Waals surface area contributed by atoms with Crippen LogP contribution in [0.15, 0.2) is 12.1 Å². The molecule has 0 fully saturated rings. The zero-order valence-corrected chi connectivity index (χ0v) is 24.8. The quantitative estimate of drug-likeness (QED) is 0.0949. The van der Waals surface area contributed by atoms with Crippen LogP contribution in [0.1, 0.15) is 120 Å². The molecule has 0 aromatic heterocycles. The summed E-state index contributed by atoms with van der Waals surface area (Å²) in [6, 6.07) is 3.93. The minimum absolute atomic E-state index is 0.0696. The summed E-state index contributed by atoms with van der Waals surface area (Å²) in [4.78, 5) is 0. The number of hydrogen-bond donors (Lipinski definition) is 0. The second kappa shape index (κ2) is 17.4. The topological polar surface area (TPSA) is 43.4 Å². The van der Waals surface area contributed by atoms with Crippen molar-refractivity contribution < 1.29 is 17.1 Å². The summed E-state index contributed by atoms with van der Waals surface area (Å²) in [5, 5.41) is 0. The van der Waals surface area contributed by atoms with Crippen LogP contribution in [0.5, 0.6) is 5.75 Å². The lowest BCUT2D eigenvalue weighted by molar-refractivity contribution is -0.890. The van der Waals surface area contributed by atoms with Crippen molar-refractivity contribution in [2.75, 3.05) is 32.9 Å². The number of hydrogen-bond acceptors (Lipinski definition) is 3. The molecule has 5 heteroatoms. The molecule has 0 saturated carbocycles. The Kier molecular flexibility index (Phi) is 15.9. The van der Waals surface area contributed by atoms with Gasteiger partial charge in [-0.2, -0.15) is 8.42 Å². The van der Waals surface area contributed by atoms with Gasteiger partial charge in [0.25, 0.3) is 0 Å². The van der Waals surface area contributed by atoms with Crippen LogP contribution in [0.25, 0.3) is 0 Å². The first-order valence-electron chi connectivity index (χ1n) is 14.4. The maximum atomic E-state index is 12.5. The van der Waals surface area contributed by atoms with Gasteiger partial charge in [-0.15, -0.1) is 0 Å². The van der Waals surface area contributed by atoms with Gasteiger partial charge in [-0.05, 0) is 44.7 Å². The minimum Gasteiger partial charge on any atom is -0.382 e. The van der Waals surface area contributed by atoms with E-state index < -0.39 is 10.1 Å². The van der Waals surface area contributed by atoms with Crippen molar-refractivity contribution in [1.82, 2.24) is 0 Å². The Morgan fingerprint density at radius 1 is 0.657 bits per heavy atom. The van der Waals surface area contributed by atoms with E-state index in [9.17, 15) is 8.42 Å². The maximum Gasteiger partial charge on any atom is 0.309 e. The molecule has 1 rings (SSSR count). The molecule has 35 heavy (non-hydrogen) atoms. The number of aryl methyl sites for hydroxylation is 3. The molecule has 0 unspecified atom stereocenters. The van der Waals surface area contributed by atoms with Crippen LogP contribution in [0.2, 0.25) is 0 Å². The zero-order valence-electron chi connectivity index (χ0n) is 24.0. The highest BCUT2D eigenvalue weighted by Gasteiger charge is 2.20. The fraction of sp³-hybridized carbons (Fsp3) is 0.800. The molecule has 0 amide bonds. The first-order valence-corrected chi connectivity index (χ1v) is 16.0. The molecule has 0 N–H and O–H groups in total. The van der Waals surface area contributed by atoms with Crippen LogP contribution in [0, 0.1) is 20.8 Å². The molecule has 0 radical (unpaired) electrons. The normalized spacial score (nSPS) is 12.3. The summed E-state index contributed by atoms with van der Waals surface area (Å²) in [6.07, 6.45) is 19.9. The van der Waals surface area contributed by atoms with Crippen molar-refractivity contribution in [2.24, 2.45) is 0 Å². The lowest BCUT2D eigenvalue weighted by atomic mass is 10.0. The molecule has 4 nitrogen and oxygen atoms in total. The maximum absolute atomic E-state index is 12.5. The average molecular weight is 511 g/mol. The third kappa shape index (κ3) is 15.6. The van der Waals surface area contributed by atoms with Gasteiger partial charge in [0.2, 0.25) is 0 Å². The first-order chi connectivity index (χ1) is 16.6. The Hall–Kier alpha value is -1.07. The zero-order chi connectivity index (χ0) is 26.2. The number of rotatable bonds is 21. The molecular formula is C30H56NO3S+. The van der Waals surface area contributed by atoms with Crippen LogP contribution < -0.4 is 4.18 Å². The number of benzene rings is 1. The minimum atomic E-state index is -3.57. The summed E-state index contributed by atoms with van der Waals surface area (Å²) in [6.45, 7) is 10.1. The van der Waals surface area contributed by atoms with Crippen LogP contribution in [0.4, 0.5) is 0 Å². The molecule has 0 atom stereocenters. The van der Waals surface area contributed by atoms with Gasteiger partial charge in [0.1, 0.15) is 5.75 Å². The molecule has 1 aromatic carbocycles. The van der Waals surface area contributed by atoms with Gasteiger partial charge in [-0.1, -0.05) is 102 Å². The van der Waals surface area contributed by atoms with Gasteiger partial charge in [-0.3, -0.25) is 0 Å². The third-order valence-corrected chi connectivity index (χ3v) is 8.30. The smallest absolute Gasteiger partial charge is 0.309 e. The van der Waals surface area contributed by atoms with Gasteiger partial charge in [-0.25, -0.2) is 0 Å². The van der Waals surface area contributed by atoms with Crippen LogP contribution in [0.3, 0.4) is 0 Å². The summed E-state index contributed by atoms with van der Waals surface area (Å²) < 4.78 is 31.4. The molecule has 0 spiro atoms. The highest BCUT2D eigenvalue weighted by molar-refractivity contribution is 7.87. The SMILES string of the molecule is CCCCCCCCCCCCCCCC[N+](C)(C)CCCS(=O)(=O)Oc1c(C)cc(C)cc1C. The van der Waals surface area contributed by atoms with Crippen molar-refractivity contribution in [2.45, 2.75) is 124 Å². The summed E-state index contributed by atoms with van der Waals surface area (Å²) in [5.74, 6) is 0.562. The molecule has 1 aromatic rings. The van der Waals surface area contributed by atoms with Gasteiger partial charge in [0, 0.05) is 6.42 Å². The number of quaternary nitrogens is 1. The molecule has 0 aliphatic heterocycles. The van der Waals surface area contributed by atoms with Crippen molar-refractivity contribution in [3.8, 4) is 5.75 Å². The van der Waals surface area contributed by atoms with E-state index in [0.717, 1.165) is 34.3 Å². The summed E-state index contributed by atoms with van der Waals surface area (Å²) in [5.41, 5.74) is 2.87. The van der Waals surface area contributed by atoms with Crippen LogP contribution >= 0.6 is 0 Å². The predicted molar refractivity (Wildman–Crippen MR) is 152 cm³/mol. The highest BCUT2D eigenvalue weighted by Crippen LogP contribution is 2.26. The van der Waals surface area contributed by atoms with Crippen LogP contribution in [-0.4, -0.2) is 45.8 Å². The van der Waals surface area contributed by atoms with E-state index in [2.05, 4.69) is 21.0 Å². The molecule has 0 aliphatic rings. The van der Waals surface area contributed by atoms with Crippen LogP contribution in [-0.2, 0) is 10.1 Å². The molecule has 0 saturated heterocycles. The Balaban J connectivity index is 2.11. The number of nitrogens with zero attached hydrogens (tertiary/aromatic N) is 1. The van der Waals surface area contributed by atoms with E-state index in [0.29, 0.717) is 12.2 Å². The Morgan fingerprint density at radius 3 is 1.51 bits per heavy atom. The Morgan fingerprint density at radius 2 is 1.06 bits per heavy atom. The number of unbranched alkanes of at least 4 members (excludes halogenated alkanes) is 13. The van der Waals surface area contributed by atoms with Gasteiger partial charge in [0.05, 0.1) is 32.9 Å². The van der Waals surface area contributed by atoms with Gasteiger partial charge in [0.15, 0.2) is 0 Å². The van der Waals surface area contributed by atoms with Gasteiger partial charge < -0.3 is 8.67 Å². The predicted octanol–water partition coefficient (Wildman–Crippen LogP) is 8.27. The molecule has 0 aliphatic carbocycles. The summed E-state index contributed by atoms with van der Waals surface area (Å²) in [7, 11) is 0.850. The standard InChI is InChI=1S/C30H56NO3S/c1-7-8-9-10-11-12-13-14-15-16-17-18-19-20-22-31(5,6)23-21-24-35(32,33)34-30-28(3)25-27(2)26-29(30)4/h25-26H,7-24H2,1-6H3/q+1. The fourth-order valence-electron chi connectivity index (χ4n) is 4.98. The average Bonchev–Trinajstić information content (AvgIpc) is 2.76. The molecular weight excluding hydrogens is 454 g/mol. The van der Waals surface area contributed by atoms with Crippen molar-refractivity contribution in [1.29, 1.82) is 0 Å². The third-order valence-electron chi connectivity index (χ3n) is 7.09. The van der Waals surface area contributed by atoms with E-state index in [1.54, 1.807) is 0 Å². The lowest BCUT2D eigenvalue weighted by Gasteiger charge is -2.29. The van der Waals surface area contributed by atoms with Crippen molar-refractivity contribution in [3.05, 3.63) is 28.8 Å². The van der Waals surface area contributed by atoms with E-state index in [4.69, 9.17) is 4.18 Å². The van der Waals surface area contributed by atoms with E-state index in [-0.39, 0.29) is 5.75 Å². The second-order valence-electron chi connectivity index (χ2n) is 11.4. The molecule has 0 bridgehead atoms. The van der Waals surface area contributed by atoms with E-state index in [1.165, 1.54) is 89.9 Å². The largest absolute Gasteiger partial charge is 0.382 e. The Bertz CT molecular complexity index is 779. The van der Waals surface area contributed by atoms with Crippen molar-refractivity contribution >= 4 is 10.1 Å². The van der Waals surface area contributed by atoms with E-state index >= 15 is 0 Å². The second-order valence-corrected chi connectivity index (χ2v) is 13.1. The highest BCUT2D eigenvalue weighted by atomic mass is 32.2. The van der Waals surface area contributed by atoms with Crippen molar-refractivity contribution in [3.63, 3.8) is 0 Å². The first kappa shape index (κ1) is 32.0. The molecule has 204 valence electrons. The monoisotopic (exact) mass is 510 g/mol. The molecule has 0 heterocycles. The fourth-order valence-corrected chi connectivity index (χ4v) is 6.07. The van der Waals surface area contributed by atoms with E-state index in [1.807, 2.05) is 32.9 Å². The lowest BCUT2D eigenvalue weighted by Crippen LogP contribution is -2.42. The van der Waals surface area contributed by atoms with Gasteiger partial charge >= 0.3 is 10.1 Å².